The van der Waals surface area contributed by atoms with E-state index in [4.69, 9.17) is 0 Å². The Bertz CT molecular complexity index is 357. The first-order valence-electron chi connectivity index (χ1n) is 7.17. The molecule has 2 saturated heterocycles. The van der Waals surface area contributed by atoms with E-state index >= 15 is 0 Å². The van der Waals surface area contributed by atoms with Gasteiger partial charge in [-0.2, -0.15) is 0 Å². The van der Waals surface area contributed by atoms with E-state index in [1.807, 2.05) is 0 Å². The zero-order chi connectivity index (χ0) is 13.2. The minimum atomic E-state index is -2.79. The summed E-state index contributed by atoms with van der Waals surface area (Å²) >= 11 is 0. The Labute approximate surface area is 111 Å². The zero-order valence-corrected chi connectivity index (χ0v) is 12.4. The Morgan fingerprint density at radius 3 is 2.22 bits per heavy atom. The van der Waals surface area contributed by atoms with Gasteiger partial charge in [0.15, 0.2) is 9.84 Å². The van der Waals surface area contributed by atoms with Crippen LogP contribution in [0.25, 0.3) is 0 Å². The average molecular weight is 274 g/mol. The van der Waals surface area contributed by atoms with Crippen LogP contribution in [-0.4, -0.2) is 56.0 Å². The Balaban J connectivity index is 1.98. The third-order valence-corrected chi connectivity index (χ3v) is 6.03. The van der Waals surface area contributed by atoms with Crippen molar-refractivity contribution < 1.29 is 8.42 Å². The molecule has 106 valence electrons. The highest BCUT2D eigenvalue weighted by atomic mass is 32.2. The fourth-order valence-corrected chi connectivity index (χ4v) is 4.87. The van der Waals surface area contributed by atoms with Crippen LogP contribution < -0.4 is 5.32 Å². The van der Waals surface area contributed by atoms with E-state index in [0.29, 0.717) is 23.6 Å². The van der Waals surface area contributed by atoms with E-state index in [0.717, 1.165) is 38.8 Å². The predicted molar refractivity (Wildman–Crippen MR) is 74.5 cm³/mol. The maximum atomic E-state index is 11.7. The largest absolute Gasteiger partial charge is 0.312 e. The van der Waals surface area contributed by atoms with Crippen molar-refractivity contribution in [1.29, 1.82) is 0 Å². The van der Waals surface area contributed by atoms with E-state index in [1.54, 1.807) is 0 Å². The van der Waals surface area contributed by atoms with Gasteiger partial charge >= 0.3 is 0 Å². The molecule has 2 rings (SSSR count). The molecule has 0 bridgehead atoms. The first-order valence-corrected chi connectivity index (χ1v) is 8.99. The molecule has 18 heavy (non-hydrogen) atoms. The molecule has 2 fully saturated rings. The monoisotopic (exact) mass is 274 g/mol. The number of rotatable bonds is 1. The van der Waals surface area contributed by atoms with Crippen LogP contribution in [0.1, 0.15) is 39.5 Å². The van der Waals surface area contributed by atoms with Crippen molar-refractivity contribution in [2.24, 2.45) is 0 Å². The van der Waals surface area contributed by atoms with Crippen LogP contribution in [0.4, 0.5) is 0 Å². The Kier molecular flexibility index (Phi) is 4.67. The van der Waals surface area contributed by atoms with E-state index in [2.05, 4.69) is 24.1 Å². The summed E-state index contributed by atoms with van der Waals surface area (Å²) in [5.41, 5.74) is 0. The van der Waals surface area contributed by atoms with Gasteiger partial charge in [0.05, 0.1) is 11.5 Å². The molecule has 2 heterocycles. The standard InChI is InChI=1S/C13H26N2O2S/c1-11-5-7-15(8-6-12(2)14-11)13-4-3-9-18(16,17)10-13/h11-14H,3-10H2,1-2H3. The summed E-state index contributed by atoms with van der Waals surface area (Å²) in [4.78, 5) is 2.42. The van der Waals surface area contributed by atoms with Crippen LogP contribution in [0, 0.1) is 0 Å². The van der Waals surface area contributed by atoms with Gasteiger partial charge in [0.1, 0.15) is 0 Å². The third kappa shape index (κ3) is 3.93. The van der Waals surface area contributed by atoms with Gasteiger partial charge in [-0.15, -0.1) is 0 Å². The third-order valence-electron chi connectivity index (χ3n) is 4.22. The summed E-state index contributed by atoms with van der Waals surface area (Å²) in [6.45, 7) is 6.50. The highest BCUT2D eigenvalue weighted by Gasteiger charge is 2.30. The van der Waals surface area contributed by atoms with E-state index in [-0.39, 0.29) is 6.04 Å². The molecular formula is C13H26N2O2S. The van der Waals surface area contributed by atoms with Crippen molar-refractivity contribution in [1.82, 2.24) is 10.2 Å². The molecule has 0 radical (unpaired) electrons. The summed E-state index contributed by atoms with van der Waals surface area (Å²) in [6, 6.07) is 1.33. The van der Waals surface area contributed by atoms with E-state index in [9.17, 15) is 8.42 Å². The van der Waals surface area contributed by atoms with Crippen molar-refractivity contribution in [2.45, 2.75) is 57.7 Å². The van der Waals surface area contributed by atoms with Gasteiger partial charge in [0, 0.05) is 18.1 Å². The van der Waals surface area contributed by atoms with Crippen molar-refractivity contribution in [3.63, 3.8) is 0 Å². The molecule has 2 aliphatic heterocycles. The summed E-state index contributed by atoms with van der Waals surface area (Å²) in [7, 11) is -2.79. The fourth-order valence-electron chi connectivity index (χ4n) is 3.13. The molecule has 3 atom stereocenters. The summed E-state index contributed by atoms with van der Waals surface area (Å²) < 4.78 is 23.5. The zero-order valence-electron chi connectivity index (χ0n) is 11.6. The molecule has 2 aliphatic rings. The molecule has 5 heteroatoms. The van der Waals surface area contributed by atoms with Crippen LogP contribution >= 0.6 is 0 Å². The molecule has 1 N–H and O–H groups in total. The molecule has 3 unspecified atom stereocenters. The smallest absolute Gasteiger partial charge is 0.151 e. The van der Waals surface area contributed by atoms with Gasteiger partial charge in [0.2, 0.25) is 0 Å². The highest BCUT2D eigenvalue weighted by molar-refractivity contribution is 7.91. The quantitative estimate of drug-likeness (QED) is 0.776. The minimum Gasteiger partial charge on any atom is -0.312 e. The van der Waals surface area contributed by atoms with Crippen LogP contribution in [-0.2, 0) is 9.84 Å². The maximum absolute atomic E-state index is 11.7. The fraction of sp³-hybridized carbons (Fsp3) is 1.00. The number of nitrogens with zero attached hydrogens (tertiary/aromatic N) is 1. The number of hydrogen-bond donors (Lipinski definition) is 1. The first kappa shape index (κ1) is 14.3. The maximum Gasteiger partial charge on any atom is 0.151 e. The van der Waals surface area contributed by atoms with Crippen molar-refractivity contribution >= 4 is 9.84 Å². The van der Waals surface area contributed by atoms with Crippen molar-refractivity contribution in [3.8, 4) is 0 Å². The number of nitrogens with one attached hydrogen (secondary N) is 1. The Hall–Kier alpha value is -0.130. The van der Waals surface area contributed by atoms with Crippen molar-refractivity contribution in [2.75, 3.05) is 24.6 Å². The second-order valence-corrected chi connectivity index (χ2v) is 8.22. The van der Waals surface area contributed by atoms with Crippen LogP contribution in [0.2, 0.25) is 0 Å². The molecule has 0 aromatic carbocycles. The molecule has 0 saturated carbocycles. The van der Waals surface area contributed by atoms with Crippen molar-refractivity contribution in [3.05, 3.63) is 0 Å². The summed E-state index contributed by atoms with van der Waals surface area (Å²) in [5.74, 6) is 0.773. The lowest BCUT2D eigenvalue weighted by atomic mass is 10.1. The van der Waals surface area contributed by atoms with Gasteiger partial charge < -0.3 is 5.32 Å². The molecule has 0 aliphatic carbocycles. The minimum absolute atomic E-state index is 0.265. The number of hydrogen-bond acceptors (Lipinski definition) is 4. The lowest BCUT2D eigenvalue weighted by Gasteiger charge is -2.37. The van der Waals surface area contributed by atoms with Gasteiger partial charge in [-0.25, -0.2) is 8.42 Å². The van der Waals surface area contributed by atoms with Crippen LogP contribution in [0.3, 0.4) is 0 Å². The molecule has 0 aromatic rings. The highest BCUT2D eigenvalue weighted by Crippen LogP contribution is 2.20. The van der Waals surface area contributed by atoms with E-state index in [1.165, 1.54) is 0 Å². The van der Waals surface area contributed by atoms with Gasteiger partial charge in [-0.05, 0) is 52.6 Å². The SMILES string of the molecule is CC1CCN(C2CCCS(=O)(=O)C2)CCC(C)N1. The summed E-state index contributed by atoms with van der Waals surface area (Å²) in [5, 5.41) is 3.58. The molecule has 4 nitrogen and oxygen atoms in total. The van der Waals surface area contributed by atoms with Gasteiger partial charge in [-0.1, -0.05) is 0 Å². The van der Waals surface area contributed by atoms with E-state index < -0.39 is 9.84 Å². The Morgan fingerprint density at radius 1 is 1.06 bits per heavy atom. The van der Waals surface area contributed by atoms with Gasteiger partial charge in [-0.3, -0.25) is 4.90 Å². The molecular weight excluding hydrogens is 248 g/mol. The topological polar surface area (TPSA) is 49.4 Å². The van der Waals surface area contributed by atoms with Crippen LogP contribution in [0.5, 0.6) is 0 Å². The van der Waals surface area contributed by atoms with Gasteiger partial charge in [0.25, 0.3) is 0 Å². The second-order valence-electron chi connectivity index (χ2n) is 5.99. The second kappa shape index (κ2) is 5.88. The number of sulfone groups is 1. The Morgan fingerprint density at radius 2 is 1.67 bits per heavy atom. The average Bonchev–Trinajstić information content (AvgIpc) is 2.25. The lowest BCUT2D eigenvalue weighted by molar-refractivity contribution is 0.163. The first-order chi connectivity index (χ1) is 8.46. The normalized spacial score (nSPS) is 38.9. The van der Waals surface area contributed by atoms with Crippen LogP contribution in [0.15, 0.2) is 0 Å². The molecule has 0 spiro atoms. The lowest BCUT2D eigenvalue weighted by Crippen LogP contribution is -2.49. The summed E-state index contributed by atoms with van der Waals surface area (Å²) in [6.07, 6.45) is 4.12. The molecule has 0 aromatic heterocycles. The predicted octanol–water partition coefficient (Wildman–Crippen LogP) is 1.03. The molecule has 0 amide bonds.